The number of rotatable bonds is 5. The maximum atomic E-state index is 9.17. The fraction of sp³-hybridized carbons (Fsp3) is 0.588. The third-order valence-electron chi connectivity index (χ3n) is 4.53. The van der Waals surface area contributed by atoms with E-state index in [0.29, 0.717) is 0 Å². The van der Waals surface area contributed by atoms with Gasteiger partial charge in [0.25, 0.3) is 0 Å². The van der Waals surface area contributed by atoms with E-state index < -0.39 is 0 Å². The minimum atomic E-state index is -0.0573. The summed E-state index contributed by atoms with van der Waals surface area (Å²) >= 11 is 0. The lowest BCUT2D eigenvalue weighted by atomic mass is 9.70. The summed E-state index contributed by atoms with van der Waals surface area (Å²) in [5, 5.41) is 12.6. The van der Waals surface area contributed by atoms with Crippen molar-refractivity contribution in [3.8, 4) is 6.07 Å². The number of hydrogen-bond donors (Lipinski definition) is 1. The third kappa shape index (κ3) is 3.16. The Hall–Kier alpha value is -1.33. The zero-order valence-corrected chi connectivity index (χ0v) is 12.3. The highest BCUT2D eigenvalue weighted by molar-refractivity contribution is 5.36. The van der Waals surface area contributed by atoms with Gasteiger partial charge >= 0.3 is 0 Å². The molecule has 2 rings (SSSR count). The molecule has 1 fully saturated rings. The molecule has 0 bridgehead atoms. The summed E-state index contributed by atoms with van der Waals surface area (Å²) in [6.45, 7) is 8.34. The van der Waals surface area contributed by atoms with Crippen molar-refractivity contribution in [1.29, 1.82) is 5.26 Å². The third-order valence-corrected chi connectivity index (χ3v) is 4.53. The van der Waals surface area contributed by atoms with Gasteiger partial charge in [0.2, 0.25) is 0 Å². The van der Waals surface area contributed by atoms with E-state index in [-0.39, 0.29) is 5.41 Å². The van der Waals surface area contributed by atoms with E-state index in [9.17, 15) is 5.26 Å². The summed E-state index contributed by atoms with van der Waals surface area (Å²) in [5.74, 6) is 0. The summed E-state index contributed by atoms with van der Waals surface area (Å²) in [6.07, 6.45) is 4.40. The Balaban J connectivity index is 1.83. The average Bonchev–Trinajstić information content (AvgIpc) is 2.33. The van der Waals surface area contributed by atoms with Crippen LogP contribution in [-0.2, 0) is 6.42 Å². The lowest BCUT2D eigenvalue weighted by Gasteiger charge is -2.35. The topological polar surface area (TPSA) is 35.8 Å². The monoisotopic (exact) mass is 256 g/mol. The first-order valence-corrected chi connectivity index (χ1v) is 7.25. The Bertz CT molecular complexity index is 493. The fourth-order valence-corrected chi connectivity index (χ4v) is 2.77. The standard InChI is InChI=1S/C17H24N2/c1-13-9-15(3)16(10-14(13)2)5-8-19-12-17(11-18)6-4-7-17/h9-10,19H,4-8,12H2,1-3H3. The molecule has 1 aliphatic rings. The minimum absolute atomic E-state index is 0.0573. The summed E-state index contributed by atoms with van der Waals surface area (Å²) < 4.78 is 0. The van der Waals surface area contributed by atoms with Gasteiger partial charge < -0.3 is 5.32 Å². The molecule has 0 atom stereocenters. The van der Waals surface area contributed by atoms with Crippen molar-refractivity contribution < 1.29 is 0 Å². The van der Waals surface area contributed by atoms with Crippen LogP contribution in [0.5, 0.6) is 0 Å². The van der Waals surface area contributed by atoms with Crippen molar-refractivity contribution in [1.82, 2.24) is 5.32 Å². The number of nitrogens with one attached hydrogen (secondary N) is 1. The second-order valence-corrected chi connectivity index (χ2v) is 6.04. The van der Waals surface area contributed by atoms with Crippen LogP contribution in [0.15, 0.2) is 12.1 Å². The van der Waals surface area contributed by atoms with Crippen molar-refractivity contribution in [2.45, 2.75) is 46.5 Å². The highest BCUT2D eigenvalue weighted by Crippen LogP contribution is 2.39. The van der Waals surface area contributed by atoms with Gasteiger partial charge in [-0.05, 0) is 68.8 Å². The first-order chi connectivity index (χ1) is 9.06. The number of benzene rings is 1. The van der Waals surface area contributed by atoms with E-state index in [1.54, 1.807) is 0 Å². The molecule has 2 heteroatoms. The van der Waals surface area contributed by atoms with Crippen molar-refractivity contribution in [3.63, 3.8) is 0 Å². The number of nitrogens with zero attached hydrogens (tertiary/aromatic N) is 1. The molecular formula is C17H24N2. The second-order valence-electron chi connectivity index (χ2n) is 6.04. The molecule has 1 saturated carbocycles. The first kappa shape index (κ1) is 14.1. The lowest BCUT2D eigenvalue weighted by molar-refractivity contribution is 0.208. The zero-order valence-electron chi connectivity index (χ0n) is 12.3. The van der Waals surface area contributed by atoms with E-state index in [1.165, 1.54) is 28.7 Å². The quantitative estimate of drug-likeness (QED) is 0.819. The molecule has 0 heterocycles. The molecule has 1 N–H and O–H groups in total. The molecule has 0 spiro atoms. The van der Waals surface area contributed by atoms with E-state index in [4.69, 9.17) is 0 Å². The Kier molecular flexibility index (Phi) is 4.27. The average molecular weight is 256 g/mol. The molecule has 102 valence electrons. The van der Waals surface area contributed by atoms with E-state index >= 15 is 0 Å². The fourth-order valence-electron chi connectivity index (χ4n) is 2.77. The summed E-state index contributed by atoms with van der Waals surface area (Å²) in [5.41, 5.74) is 5.48. The van der Waals surface area contributed by atoms with Crippen LogP contribution in [0.2, 0.25) is 0 Å². The van der Waals surface area contributed by atoms with Gasteiger partial charge in [-0.2, -0.15) is 5.26 Å². The lowest BCUT2D eigenvalue weighted by Crippen LogP contribution is -2.39. The summed E-state index contributed by atoms with van der Waals surface area (Å²) in [4.78, 5) is 0. The predicted octanol–water partition coefficient (Wildman–Crippen LogP) is 3.44. The van der Waals surface area contributed by atoms with E-state index in [0.717, 1.165) is 32.4 Å². The molecule has 0 radical (unpaired) electrons. The molecule has 0 saturated heterocycles. The molecule has 1 aliphatic carbocycles. The molecule has 1 aromatic rings. The van der Waals surface area contributed by atoms with Crippen molar-refractivity contribution in [2.75, 3.05) is 13.1 Å². The van der Waals surface area contributed by atoms with Crippen LogP contribution in [0.4, 0.5) is 0 Å². The molecule has 0 aromatic heterocycles. The van der Waals surface area contributed by atoms with Crippen LogP contribution in [0.1, 0.15) is 41.5 Å². The van der Waals surface area contributed by atoms with Crippen LogP contribution in [0.25, 0.3) is 0 Å². The molecule has 0 aliphatic heterocycles. The van der Waals surface area contributed by atoms with Gasteiger partial charge in [-0.1, -0.05) is 18.6 Å². The molecule has 0 unspecified atom stereocenters. The Labute approximate surface area is 116 Å². The Morgan fingerprint density at radius 2 is 1.84 bits per heavy atom. The van der Waals surface area contributed by atoms with Crippen LogP contribution >= 0.6 is 0 Å². The molecule has 0 amide bonds. The predicted molar refractivity (Wildman–Crippen MR) is 79.1 cm³/mol. The van der Waals surface area contributed by atoms with Gasteiger partial charge in [-0.3, -0.25) is 0 Å². The van der Waals surface area contributed by atoms with Gasteiger partial charge in [0.1, 0.15) is 0 Å². The maximum absolute atomic E-state index is 9.17. The van der Waals surface area contributed by atoms with Crippen LogP contribution in [0, 0.1) is 37.5 Å². The molecular weight excluding hydrogens is 232 g/mol. The summed E-state index contributed by atoms with van der Waals surface area (Å²) in [7, 11) is 0. The molecule has 2 nitrogen and oxygen atoms in total. The Morgan fingerprint density at radius 3 is 2.42 bits per heavy atom. The van der Waals surface area contributed by atoms with Crippen LogP contribution in [0.3, 0.4) is 0 Å². The largest absolute Gasteiger partial charge is 0.315 e. The highest BCUT2D eigenvalue weighted by atomic mass is 14.9. The zero-order chi connectivity index (χ0) is 13.9. The normalized spacial score (nSPS) is 16.7. The van der Waals surface area contributed by atoms with E-state index in [1.807, 2.05) is 0 Å². The van der Waals surface area contributed by atoms with Gasteiger partial charge in [-0.25, -0.2) is 0 Å². The SMILES string of the molecule is Cc1cc(C)c(CCNCC2(C#N)CCC2)cc1C. The smallest absolute Gasteiger partial charge is 0.0703 e. The second kappa shape index (κ2) is 5.75. The maximum Gasteiger partial charge on any atom is 0.0703 e. The number of hydrogen-bond acceptors (Lipinski definition) is 2. The minimum Gasteiger partial charge on any atom is -0.315 e. The first-order valence-electron chi connectivity index (χ1n) is 7.25. The highest BCUT2D eigenvalue weighted by Gasteiger charge is 2.36. The van der Waals surface area contributed by atoms with Crippen LogP contribution < -0.4 is 5.32 Å². The summed E-state index contributed by atoms with van der Waals surface area (Å²) in [6, 6.07) is 7.05. The number of aryl methyl sites for hydroxylation is 3. The molecule has 19 heavy (non-hydrogen) atoms. The Morgan fingerprint density at radius 1 is 1.16 bits per heavy atom. The van der Waals surface area contributed by atoms with Crippen molar-refractivity contribution in [2.24, 2.45) is 5.41 Å². The van der Waals surface area contributed by atoms with Crippen molar-refractivity contribution >= 4 is 0 Å². The molecule has 1 aromatic carbocycles. The number of nitriles is 1. The van der Waals surface area contributed by atoms with Gasteiger partial charge in [-0.15, -0.1) is 0 Å². The van der Waals surface area contributed by atoms with Gasteiger partial charge in [0, 0.05) is 6.54 Å². The van der Waals surface area contributed by atoms with Crippen molar-refractivity contribution in [3.05, 3.63) is 34.4 Å². The van der Waals surface area contributed by atoms with Gasteiger partial charge in [0.15, 0.2) is 0 Å². The van der Waals surface area contributed by atoms with Crippen LogP contribution in [-0.4, -0.2) is 13.1 Å². The van der Waals surface area contributed by atoms with Gasteiger partial charge in [0.05, 0.1) is 11.5 Å². The van der Waals surface area contributed by atoms with E-state index in [2.05, 4.69) is 44.3 Å².